The van der Waals surface area contributed by atoms with Gasteiger partial charge >= 0.3 is 6.01 Å². The standard InChI is InChI=1S/C11H19ClN6O/c1-8(2)19-11-14-9(12)13-10(15-11)16-18-6-4-17(3)5-7-18/h8H,4-7H2,1-3H3,(H,13,14,15,16). The van der Waals surface area contributed by atoms with E-state index in [-0.39, 0.29) is 17.4 Å². The van der Waals surface area contributed by atoms with Gasteiger partial charge in [0.2, 0.25) is 11.2 Å². The molecule has 19 heavy (non-hydrogen) atoms. The summed E-state index contributed by atoms with van der Waals surface area (Å²) in [7, 11) is 2.10. The molecule has 2 rings (SSSR count). The van der Waals surface area contributed by atoms with Crippen LogP contribution in [0.15, 0.2) is 0 Å². The third kappa shape index (κ3) is 4.45. The Balaban J connectivity index is 2.01. The first-order valence-electron chi connectivity index (χ1n) is 6.31. The average Bonchev–Trinajstić information content (AvgIpc) is 2.30. The fourth-order valence-electron chi connectivity index (χ4n) is 1.71. The second-order valence-electron chi connectivity index (χ2n) is 4.78. The Kier molecular flexibility index (Phi) is 4.73. The number of halogens is 1. The maximum atomic E-state index is 5.87. The van der Waals surface area contributed by atoms with Gasteiger partial charge in [0, 0.05) is 26.2 Å². The lowest BCUT2D eigenvalue weighted by molar-refractivity contribution is 0.177. The zero-order chi connectivity index (χ0) is 13.8. The Morgan fingerprint density at radius 2 is 1.84 bits per heavy atom. The Hall–Kier alpha value is -1.18. The number of nitrogens with one attached hydrogen (secondary N) is 1. The van der Waals surface area contributed by atoms with Gasteiger partial charge in [-0.05, 0) is 32.5 Å². The summed E-state index contributed by atoms with van der Waals surface area (Å²) in [5.41, 5.74) is 3.14. The molecular formula is C11H19ClN6O. The molecule has 0 atom stereocenters. The summed E-state index contributed by atoms with van der Waals surface area (Å²) in [5.74, 6) is 0.417. The number of hydrogen-bond acceptors (Lipinski definition) is 7. The Morgan fingerprint density at radius 3 is 2.47 bits per heavy atom. The van der Waals surface area contributed by atoms with E-state index < -0.39 is 0 Å². The van der Waals surface area contributed by atoms with Crippen molar-refractivity contribution in [1.82, 2.24) is 24.9 Å². The second-order valence-corrected chi connectivity index (χ2v) is 5.12. The third-order valence-electron chi connectivity index (χ3n) is 2.69. The van der Waals surface area contributed by atoms with Crippen molar-refractivity contribution in [1.29, 1.82) is 0 Å². The van der Waals surface area contributed by atoms with Crippen LogP contribution < -0.4 is 10.2 Å². The average molecular weight is 287 g/mol. The second kappa shape index (κ2) is 6.31. The normalized spacial score (nSPS) is 17.7. The number of anilines is 1. The van der Waals surface area contributed by atoms with Crippen LogP contribution in [0.4, 0.5) is 5.95 Å². The molecule has 0 saturated carbocycles. The Labute approximate surface area is 117 Å². The summed E-state index contributed by atoms with van der Waals surface area (Å²) < 4.78 is 5.43. The first-order chi connectivity index (χ1) is 9.02. The highest BCUT2D eigenvalue weighted by molar-refractivity contribution is 6.28. The van der Waals surface area contributed by atoms with Gasteiger partial charge in [0.15, 0.2) is 0 Å². The molecular weight excluding hydrogens is 268 g/mol. The minimum absolute atomic E-state index is 0.00467. The van der Waals surface area contributed by atoms with Gasteiger partial charge in [-0.1, -0.05) is 0 Å². The van der Waals surface area contributed by atoms with Crippen LogP contribution in [0.5, 0.6) is 6.01 Å². The lowest BCUT2D eigenvalue weighted by Gasteiger charge is -2.32. The molecule has 8 heteroatoms. The van der Waals surface area contributed by atoms with Gasteiger partial charge in [0.05, 0.1) is 6.10 Å². The van der Waals surface area contributed by atoms with Crippen LogP contribution in [-0.4, -0.2) is 64.2 Å². The van der Waals surface area contributed by atoms with Crippen molar-refractivity contribution in [3.05, 3.63) is 5.28 Å². The third-order valence-corrected chi connectivity index (χ3v) is 2.86. The summed E-state index contributed by atoms with van der Waals surface area (Å²) in [5, 5.41) is 2.19. The van der Waals surface area contributed by atoms with Gasteiger partial charge < -0.3 is 9.64 Å². The van der Waals surface area contributed by atoms with Gasteiger partial charge in [-0.2, -0.15) is 15.0 Å². The van der Waals surface area contributed by atoms with Gasteiger partial charge in [0.25, 0.3) is 0 Å². The molecule has 7 nitrogen and oxygen atoms in total. The zero-order valence-corrected chi connectivity index (χ0v) is 12.2. The lowest BCUT2D eigenvalue weighted by Crippen LogP contribution is -2.47. The van der Waals surface area contributed by atoms with Gasteiger partial charge in [-0.15, -0.1) is 0 Å². The van der Waals surface area contributed by atoms with Crippen LogP contribution in [-0.2, 0) is 0 Å². The molecule has 1 aromatic heterocycles. The molecule has 0 aromatic carbocycles. The number of ether oxygens (including phenoxy) is 1. The Bertz CT molecular complexity index is 422. The van der Waals surface area contributed by atoms with Crippen molar-refractivity contribution in [2.75, 3.05) is 38.7 Å². The van der Waals surface area contributed by atoms with E-state index in [1.807, 2.05) is 13.8 Å². The fourth-order valence-corrected chi connectivity index (χ4v) is 1.86. The molecule has 0 aliphatic carbocycles. The Morgan fingerprint density at radius 1 is 1.16 bits per heavy atom. The quantitative estimate of drug-likeness (QED) is 0.881. The summed E-state index contributed by atoms with van der Waals surface area (Å²) in [6.07, 6.45) is -0.00467. The largest absolute Gasteiger partial charge is 0.461 e. The van der Waals surface area contributed by atoms with E-state index in [0.717, 1.165) is 26.2 Å². The molecule has 0 spiro atoms. The van der Waals surface area contributed by atoms with Gasteiger partial charge in [-0.25, -0.2) is 5.01 Å². The summed E-state index contributed by atoms with van der Waals surface area (Å²) >= 11 is 5.87. The molecule has 1 aromatic rings. The molecule has 0 radical (unpaired) electrons. The predicted molar refractivity (Wildman–Crippen MR) is 73.3 cm³/mol. The predicted octanol–water partition coefficient (Wildman–Crippen LogP) is 0.886. The molecule has 1 N–H and O–H groups in total. The number of piperazine rings is 1. The highest BCUT2D eigenvalue weighted by Crippen LogP contribution is 2.13. The van der Waals surface area contributed by atoms with Crippen LogP contribution >= 0.6 is 11.6 Å². The van der Waals surface area contributed by atoms with Crippen molar-refractivity contribution in [2.24, 2.45) is 0 Å². The SMILES string of the molecule is CC(C)Oc1nc(Cl)nc(NN2CCN(C)CC2)n1. The summed E-state index contributed by atoms with van der Waals surface area (Å²) in [6, 6.07) is 0.242. The fraction of sp³-hybridized carbons (Fsp3) is 0.727. The number of likely N-dealkylation sites (N-methyl/N-ethyl adjacent to an activating group) is 1. The molecule has 0 unspecified atom stereocenters. The van der Waals surface area contributed by atoms with Crippen LogP contribution in [0.2, 0.25) is 5.28 Å². The number of hydrogen-bond donors (Lipinski definition) is 1. The number of rotatable bonds is 4. The summed E-state index contributed by atoms with van der Waals surface area (Å²) in [6.45, 7) is 7.62. The molecule has 1 aliphatic rings. The molecule has 106 valence electrons. The minimum atomic E-state index is -0.00467. The topological polar surface area (TPSA) is 66.4 Å². The van der Waals surface area contributed by atoms with Crippen molar-refractivity contribution in [3.63, 3.8) is 0 Å². The maximum Gasteiger partial charge on any atom is 0.322 e. The van der Waals surface area contributed by atoms with E-state index in [1.165, 1.54) is 0 Å². The van der Waals surface area contributed by atoms with Crippen molar-refractivity contribution in [3.8, 4) is 6.01 Å². The lowest BCUT2D eigenvalue weighted by atomic mass is 10.4. The maximum absolute atomic E-state index is 5.87. The number of nitrogens with zero attached hydrogens (tertiary/aromatic N) is 5. The van der Waals surface area contributed by atoms with E-state index in [2.05, 4.69) is 37.3 Å². The molecule has 2 heterocycles. The van der Waals surface area contributed by atoms with Crippen LogP contribution in [0.25, 0.3) is 0 Å². The van der Waals surface area contributed by atoms with Crippen molar-refractivity contribution in [2.45, 2.75) is 20.0 Å². The highest BCUT2D eigenvalue weighted by atomic mass is 35.5. The van der Waals surface area contributed by atoms with E-state index in [4.69, 9.17) is 16.3 Å². The van der Waals surface area contributed by atoms with Gasteiger partial charge in [0.1, 0.15) is 0 Å². The van der Waals surface area contributed by atoms with Crippen LogP contribution in [0.3, 0.4) is 0 Å². The van der Waals surface area contributed by atoms with Crippen LogP contribution in [0.1, 0.15) is 13.8 Å². The van der Waals surface area contributed by atoms with E-state index in [0.29, 0.717) is 5.95 Å². The van der Waals surface area contributed by atoms with Crippen molar-refractivity contribution >= 4 is 17.5 Å². The molecule has 1 saturated heterocycles. The van der Waals surface area contributed by atoms with Crippen molar-refractivity contribution < 1.29 is 4.74 Å². The molecule has 1 aliphatic heterocycles. The zero-order valence-electron chi connectivity index (χ0n) is 11.4. The van der Waals surface area contributed by atoms with Gasteiger partial charge in [-0.3, -0.25) is 5.43 Å². The molecule has 0 bridgehead atoms. The minimum Gasteiger partial charge on any atom is -0.461 e. The van der Waals surface area contributed by atoms with Crippen LogP contribution in [0, 0.1) is 0 Å². The first kappa shape index (κ1) is 14.2. The van der Waals surface area contributed by atoms with E-state index >= 15 is 0 Å². The first-order valence-corrected chi connectivity index (χ1v) is 6.69. The highest BCUT2D eigenvalue weighted by Gasteiger charge is 2.15. The number of hydrazine groups is 1. The summed E-state index contributed by atoms with van der Waals surface area (Å²) in [4.78, 5) is 14.4. The van der Waals surface area contributed by atoms with E-state index in [1.54, 1.807) is 0 Å². The van der Waals surface area contributed by atoms with E-state index in [9.17, 15) is 0 Å². The number of aromatic nitrogens is 3. The molecule has 1 fully saturated rings. The monoisotopic (exact) mass is 286 g/mol. The smallest absolute Gasteiger partial charge is 0.322 e. The molecule has 0 amide bonds.